The van der Waals surface area contributed by atoms with E-state index in [1.54, 1.807) is 12.1 Å². The van der Waals surface area contributed by atoms with Gasteiger partial charge >= 0.3 is 0 Å². The number of primary amides is 1. The molecule has 0 aromatic heterocycles. The molecule has 14 heavy (non-hydrogen) atoms. The summed E-state index contributed by atoms with van der Waals surface area (Å²) in [4.78, 5) is 11.0. The van der Waals surface area contributed by atoms with E-state index in [9.17, 15) is 4.79 Å². The zero-order valence-electron chi connectivity index (χ0n) is 7.59. The lowest BCUT2D eigenvalue weighted by atomic mass is 10.0. The maximum Gasteiger partial charge on any atom is 0.248 e. The molecular formula is C10H11BrN2O. The van der Waals surface area contributed by atoms with Crippen LogP contribution in [0.1, 0.15) is 33.9 Å². The minimum atomic E-state index is -0.410. The molecule has 1 aromatic carbocycles. The van der Waals surface area contributed by atoms with Crippen molar-refractivity contribution in [1.82, 2.24) is 0 Å². The Balaban J connectivity index is 2.58. The maximum absolute atomic E-state index is 11.0. The van der Waals surface area contributed by atoms with Crippen molar-refractivity contribution in [1.29, 1.82) is 0 Å². The second-order valence-electron chi connectivity index (χ2n) is 3.54. The fraction of sp³-hybridized carbons (Fsp3) is 0.300. The lowest BCUT2D eigenvalue weighted by molar-refractivity contribution is 0.1000. The van der Waals surface area contributed by atoms with Gasteiger partial charge in [0, 0.05) is 16.1 Å². The number of rotatable bonds is 1. The van der Waals surface area contributed by atoms with Crippen LogP contribution in [0.5, 0.6) is 0 Å². The number of carbonyl (C=O) groups excluding carboxylic acids is 1. The van der Waals surface area contributed by atoms with Crippen LogP contribution >= 0.6 is 15.9 Å². The van der Waals surface area contributed by atoms with Crippen LogP contribution in [0.2, 0.25) is 0 Å². The molecule has 1 amide bonds. The molecule has 74 valence electrons. The number of fused-ring (bicyclic) bond motifs is 1. The van der Waals surface area contributed by atoms with Crippen molar-refractivity contribution >= 4 is 21.8 Å². The second kappa shape index (κ2) is 3.37. The number of hydrogen-bond acceptors (Lipinski definition) is 2. The zero-order chi connectivity index (χ0) is 10.3. The highest BCUT2D eigenvalue weighted by Gasteiger charge is 2.22. The van der Waals surface area contributed by atoms with Gasteiger partial charge in [-0.05, 0) is 36.1 Å². The molecule has 3 nitrogen and oxygen atoms in total. The maximum atomic E-state index is 11.0. The third-order valence-electron chi connectivity index (χ3n) is 2.62. The number of hydrogen-bond donors (Lipinski definition) is 2. The molecule has 0 spiro atoms. The smallest absolute Gasteiger partial charge is 0.248 e. The van der Waals surface area contributed by atoms with E-state index in [2.05, 4.69) is 15.9 Å². The van der Waals surface area contributed by atoms with Gasteiger partial charge in [0.1, 0.15) is 0 Å². The molecule has 1 aliphatic rings. The average Bonchev–Trinajstić information content (AvgIpc) is 2.48. The first kappa shape index (κ1) is 9.68. The molecule has 1 aliphatic carbocycles. The average molecular weight is 255 g/mol. The van der Waals surface area contributed by atoms with Crippen LogP contribution in [-0.4, -0.2) is 5.91 Å². The Bertz CT molecular complexity index is 403. The van der Waals surface area contributed by atoms with Gasteiger partial charge in [-0.1, -0.05) is 15.9 Å². The Kier molecular flexibility index (Phi) is 2.33. The molecule has 0 saturated heterocycles. The molecular weight excluding hydrogens is 244 g/mol. The first-order valence-electron chi connectivity index (χ1n) is 4.47. The highest BCUT2D eigenvalue weighted by atomic mass is 79.9. The Hall–Kier alpha value is -0.870. The lowest BCUT2D eigenvalue weighted by Gasteiger charge is -2.07. The van der Waals surface area contributed by atoms with Crippen LogP contribution in [0.4, 0.5) is 0 Å². The van der Waals surface area contributed by atoms with Crippen molar-refractivity contribution in [3.8, 4) is 0 Å². The normalized spacial score (nSPS) is 19.4. The van der Waals surface area contributed by atoms with Gasteiger partial charge in [0.05, 0.1) is 0 Å². The molecule has 0 radical (unpaired) electrons. The zero-order valence-corrected chi connectivity index (χ0v) is 9.17. The quantitative estimate of drug-likeness (QED) is 0.798. The molecule has 0 aliphatic heterocycles. The molecule has 0 heterocycles. The van der Waals surface area contributed by atoms with E-state index in [0.717, 1.165) is 22.9 Å². The number of nitrogens with two attached hydrogens (primary N) is 2. The van der Waals surface area contributed by atoms with Crippen LogP contribution in [0.15, 0.2) is 16.6 Å². The summed E-state index contributed by atoms with van der Waals surface area (Å²) >= 11 is 3.43. The summed E-state index contributed by atoms with van der Waals surface area (Å²) in [5.41, 5.74) is 13.9. The van der Waals surface area contributed by atoms with E-state index >= 15 is 0 Å². The largest absolute Gasteiger partial charge is 0.366 e. The standard InChI is InChI=1S/C10H11BrN2O/c11-8-4-5(10(13)14)3-7-6(8)1-2-9(7)12/h3-4,9H,1-2,12H2,(H2,13,14)/t9-/m1/s1. The number of halogens is 1. The minimum absolute atomic E-state index is 0.0422. The molecule has 4 heteroatoms. The predicted octanol–water partition coefficient (Wildman–Crippen LogP) is 1.49. The van der Waals surface area contributed by atoms with Crippen molar-refractivity contribution < 1.29 is 4.79 Å². The Morgan fingerprint density at radius 3 is 2.86 bits per heavy atom. The van der Waals surface area contributed by atoms with Gasteiger partial charge in [-0.25, -0.2) is 0 Å². The molecule has 1 atom stereocenters. The SMILES string of the molecule is NC(=O)c1cc(Br)c2c(c1)[C@H](N)CC2. The van der Waals surface area contributed by atoms with Crippen molar-refractivity contribution in [2.24, 2.45) is 11.5 Å². The van der Waals surface area contributed by atoms with Crippen molar-refractivity contribution in [3.63, 3.8) is 0 Å². The summed E-state index contributed by atoms with van der Waals surface area (Å²) in [6.45, 7) is 0. The monoisotopic (exact) mass is 254 g/mol. The Morgan fingerprint density at radius 2 is 2.21 bits per heavy atom. The Labute approximate surface area is 90.6 Å². The molecule has 1 aromatic rings. The van der Waals surface area contributed by atoms with E-state index < -0.39 is 5.91 Å². The van der Waals surface area contributed by atoms with E-state index in [-0.39, 0.29) is 6.04 Å². The van der Waals surface area contributed by atoms with Gasteiger partial charge in [-0.15, -0.1) is 0 Å². The van der Waals surface area contributed by atoms with Crippen LogP contribution in [0.25, 0.3) is 0 Å². The summed E-state index contributed by atoms with van der Waals surface area (Å²) in [6.07, 6.45) is 1.91. The summed E-state index contributed by atoms with van der Waals surface area (Å²) in [6, 6.07) is 3.61. The van der Waals surface area contributed by atoms with Crippen LogP contribution < -0.4 is 11.5 Å². The van der Waals surface area contributed by atoms with Crippen LogP contribution in [0, 0.1) is 0 Å². The van der Waals surface area contributed by atoms with E-state index in [1.807, 2.05) is 0 Å². The number of amides is 1. The van der Waals surface area contributed by atoms with Crippen LogP contribution in [0.3, 0.4) is 0 Å². The molecule has 0 saturated carbocycles. The molecule has 2 rings (SSSR count). The fourth-order valence-corrected chi connectivity index (χ4v) is 2.52. The Morgan fingerprint density at radius 1 is 1.50 bits per heavy atom. The number of carbonyl (C=O) groups is 1. The lowest BCUT2D eigenvalue weighted by Crippen LogP contribution is -2.13. The van der Waals surface area contributed by atoms with Gasteiger partial charge in [0.25, 0.3) is 0 Å². The minimum Gasteiger partial charge on any atom is -0.366 e. The second-order valence-corrected chi connectivity index (χ2v) is 4.39. The summed E-state index contributed by atoms with van der Waals surface area (Å²) < 4.78 is 0.941. The van der Waals surface area contributed by atoms with E-state index in [1.165, 1.54) is 5.56 Å². The van der Waals surface area contributed by atoms with Gasteiger partial charge in [-0.3, -0.25) is 4.79 Å². The fourth-order valence-electron chi connectivity index (χ4n) is 1.85. The van der Waals surface area contributed by atoms with Crippen molar-refractivity contribution in [2.45, 2.75) is 18.9 Å². The highest BCUT2D eigenvalue weighted by Crippen LogP contribution is 2.35. The van der Waals surface area contributed by atoms with Crippen molar-refractivity contribution in [2.75, 3.05) is 0 Å². The first-order valence-corrected chi connectivity index (χ1v) is 5.26. The predicted molar refractivity (Wildman–Crippen MR) is 57.9 cm³/mol. The summed E-state index contributed by atoms with van der Waals surface area (Å²) in [7, 11) is 0. The van der Waals surface area contributed by atoms with E-state index in [4.69, 9.17) is 11.5 Å². The summed E-state index contributed by atoms with van der Waals surface area (Å²) in [5, 5.41) is 0. The number of benzene rings is 1. The van der Waals surface area contributed by atoms with E-state index in [0.29, 0.717) is 5.56 Å². The molecule has 0 bridgehead atoms. The first-order chi connectivity index (χ1) is 6.59. The molecule has 0 unspecified atom stereocenters. The topological polar surface area (TPSA) is 69.1 Å². The van der Waals surface area contributed by atoms with Crippen LogP contribution in [-0.2, 0) is 6.42 Å². The van der Waals surface area contributed by atoms with Gasteiger partial charge < -0.3 is 11.5 Å². The van der Waals surface area contributed by atoms with Gasteiger partial charge in [0.2, 0.25) is 5.91 Å². The third kappa shape index (κ3) is 1.44. The van der Waals surface area contributed by atoms with Gasteiger partial charge in [-0.2, -0.15) is 0 Å². The molecule has 0 fully saturated rings. The van der Waals surface area contributed by atoms with Crippen molar-refractivity contribution in [3.05, 3.63) is 33.3 Å². The molecule has 4 N–H and O–H groups in total. The highest BCUT2D eigenvalue weighted by molar-refractivity contribution is 9.10. The van der Waals surface area contributed by atoms with Gasteiger partial charge in [0.15, 0.2) is 0 Å². The third-order valence-corrected chi connectivity index (χ3v) is 3.33. The summed E-state index contributed by atoms with van der Waals surface area (Å²) in [5.74, 6) is -0.410.